The molecule has 1 aromatic rings. The molecule has 1 atom stereocenters. The van der Waals surface area contributed by atoms with Crippen LogP contribution in [0.1, 0.15) is 0 Å². The van der Waals surface area contributed by atoms with Gasteiger partial charge in [0.25, 0.3) is 0 Å². The van der Waals surface area contributed by atoms with Crippen LogP contribution in [0.5, 0.6) is 5.75 Å². The van der Waals surface area contributed by atoms with Gasteiger partial charge in [0, 0.05) is 18.4 Å². The minimum Gasteiger partial charge on any atom is -0.508 e. The number of phenols is 1. The number of hydrogen-bond donors (Lipinski definition) is 3. The molecule has 2 rings (SSSR count). The van der Waals surface area contributed by atoms with Crippen molar-refractivity contribution in [2.45, 2.75) is 0 Å². The van der Waals surface area contributed by atoms with Crippen LogP contribution in [0.3, 0.4) is 0 Å². The van der Waals surface area contributed by atoms with Crippen molar-refractivity contribution >= 4 is 23.5 Å². The molecule has 20 heavy (non-hydrogen) atoms. The quantitative estimate of drug-likeness (QED) is 0.555. The fourth-order valence-corrected chi connectivity index (χ4v) is 1.78. The first-order valence-corrected chi connectivity index (χ1v) is 5.77. The number of rotatable bonds is 3. The third kappa shape index (κ3) is 2.46. The number of carbonyl (C=O) groups is 3. The van der Waals surface area contributed by atoms with E-state index in [0.717, 1.165) is 4.90 Å². The Kier molecular flexibility index (Phi) is 3.43. The summed E-state index contributed by atoms with van der Waals surface area (Å²) in [5.41, 5.74) is 0.713. The van der Waals surface area contributed by atoms with Crippen molar-refractivity contribution in [2.24, 2.45) is 5.92 Å². The van der Waals surface area contributed by atoms with E-state index >= 15 is 0 Å². The summed E-state index contributed by atoms with van der Waals surface area (Å²) in [6, 6.07) is 5.29. The molecule has 0 saturated carbocycles. The number of aromatic hydroxyl groups is 1. The molecule has 4 amide bonds. The van der Waals surface area contributed by atoms with Gasteiger partial charge < -0.3 is 10.4 Å². The van der Waals surface area contributed by atoms with E-state index in [1.807, 2.05) is 0 Å². The monoisotopic (exact) mass is 275 g/mol. The van der Waals surface area contributed by atoms with Crippen LogP contribution in [0.2, 0.25) is 0 Å². The van der Waals surface area contributed by atoms with Crippen molar-refractivity contribution in [1.82, 2.24) is 10.2 Å². The maximum atomic E-state index is 11.9. The lowest BCUT2D eigenvalue weighted by molar-refractivity contribution is -0.139. The molecule has 1 aliphatic rings. The number of phenolic OH excluding ortho intramolecular Hbond substituents is 1. The van der Waals surface area contributed by atoms with E-state index < -0.39 is 23.8 Å². The van der Waals surface area contributed by atoms with Crippen molar-refractivity contribution in [3.05, 3.63) is 36.5 Å². The molecule has 7 nitrogen and oxygen atoms in total. The minimum absolute atomic E-state index is 0.0954. The van der Waals surface area contributed by atoms with Crippen molar-refractivity contribution in [2.75, 3.05) is 12.4 Å². The highest BCUT2D eigenvalue weighted by Crippen LogP contribution is 2.21. The lowest BCUT2D eigenvalue weighted by atomic mass is 10.0. The second-order valence-corrected chi connectivity index (χ2v) is 4.32. The van der Waals surface area contributed by atoms with Crippen LogP contribution in [0.25, 0.3) is 0 Å². The number of urea groups is 1. The Bertz CT molecular complexity index is 594. The van der Waals surface area contributed by atoms with Crippen LogP contribution in [0.15, 0.2) is 36.5 Å². The first kappa shape index (κ1) is 13.6. The van der Waals surface area contributed by atoms with E-state index in [-0.39, 0.29) is 11.4 Å². The zero-order valence-electron chi connectivity index (χ0n) is 10.7. The number of benzene rings is 1. The summed E-state index contributed by atoms with van der Waals surface area (Å²) in [4.78, 5) is 35.8. The number of imide groups is 2. The third-order valence-corrected chi connectivity index (χ3v) is 2.90. The Hall–Kier alpha value is -2.83. The molecule has 0 aromatic heterocycles. The highest BCUT2D eigenvalue weighted by molar-refractivity contribution is 6.17. The van der Waals surface area contributed by atoms with Crippen LogP contribution in [-0.4, -0.2) is 34.9 Å². The van der Waals surface area contributed by atoms with E-state index in [0.29, 0.717) is 5.69 Å². The normalized spacial score (nSPS) is 18.8. The van der Waals surface area contributed by atoms with E-state index in [1.54, 1.807) is 12.1 Å². The lowest BCUT2D eigenvalue weighted by Crippen LogP contribution is -2.57. The number of barbiturate groups is 1. The zero-order chi connectivity index (χ0) is 14.9. The fraction of sp³-hybridized carbons (Fsp3) is 0.154. The predicted octanol–water partition coefficient (Wildman–Crippen LogP) is 0.642. The highest BCUT2D eigenvalue weighted by Gasteiger charge is 2.40. The number of anilines is 1. The molecule has 1 saturated heterocycles. The number of carbonyl (C=O) groups excluding carboxylic acids is 3. The van der Waals surface area contributed by atoms with E-state index in [9.17, 15) is 19.5 Å². The van der Waals surface area contributed by atoms with Gasteiger partial charge in [-0.15, -0.1) is 0 Å². The number of hydrogen-bond acceptors (Lipinski definition) is 5. The molecule has 0 unspecified atom stereocenters. The van der Waals surface area contributed by atoms with Gasteiger partial charge in [-0.1, -0.05) is 6.58 Å². The second-order valence-electron chi connectivity index (χ2n) is 4.32. The molecule has 0 spiro atoms. The number of amides is 4. The van der Waals surface area contributed by atoms with Crippen LogP contribution in [0.4, 0.5) is 10.5 Å². The lowest BCUT2D eigenvalue weighted by Gasteiger charge is -2.28. The van der Waals surface area contributed by atoms with Gasteiger partial charge in [-0.2, -0.15) is 0 Å². The number of nitrogens with one attached hydrogen (secondary N) is 2. The maximum Gasteiger partial charge on any atom is 0.330 e. The average molecular weight is 275 g/mol. The topological polar surface area (TPSA) is 98.7 Å². The SMILES string of the molecule is C=C(Nc1ccc(O)cc1)[C@H]1C(=O)NC(=O)N(C)C1=O. The summed E-state index contributed by atoms with van der Waals surface area (Å²) < 4.78 is 0. The van der Waals surface area contributed by atoms with Crippen LogP contribution in [0, 0.1) is 5.92 Å². The van der Waals surface area contributed by atoms with Gasteiger partial charge in [0.15, 0.2) is 5.92 Å². The predicted molar refractivity (Wildman–Crippen MR) is 70.7 cm³/mol. The molecule has 104 valence electrons. The summed E-state index contributed by atoms with van der Waals surface area (Å²) in [6.45, 7) is 3.66. The second kappa shape index (κ2) is 5.04. The molecule has 1 aromatic carbocycles. The van der Waals surface area contributed by atoms with E-state index in [4.69, 9.17) is 0 Å². The highest BCUT2D eigenvalue weighted by atomic mass is 16.3. The summed E-state index contributed by atoms with van der Waals surface area (Å²) >= 11 is 0. The fourth-order valence-electron chi connectivity index (χ4n) is 1.78. The standard InChI is InChI=1S/C13H13N3O4/c1-7(14-8-3-5-9(17)6-4-8)10-11(18)15-13(20)16(2)12(10)19/h3-6,10,14,17H,1H2,2H3,(H,15,18,20)/t10-/m0/s1. The summed E-state index contributed by atoms with van der Waals surface area (Å²) in [7, 11) is 1.28. The Morgan fingerprint density at radius 3 is 2.50 bits per heavy atom. The van der Waals surface area contributed by atoms with Crippen LogP contribution < -0.4 is 10.6 Å². The molecule has 0 radical (unpaired) electrons. The van der Waals surface area contributed by atoms with Crippen molar-refractivity contribution in [3.8, 4) is 5.75 Å². The van der Waals surface area contributed by atoms with Crippen molar-refractivity contribution in [3.63, 3.8) is 0 Å². The average Bonchev–Trinajstić information content (AvgIpc) is 2.39. The van der Waals surface area contributed by atoms with E-state index in [2.05, 4.69) is 17.2 Å². The smallest absolute Gasteiger partial charge is 0.330 e. The molecule has 0 bridgehead atoms. The molecule has 3 N–H and O–H groups in total. The minimum atomic E-state index is -1.17. The van der Waals surface area contributed by atoms with Crippen molar-refractivity contribution in [1.29, 1.82) is 0 Å². The number of nitrogens with zero attached hydrogens (tertiary/aromatic N) is 1. The molecule has 1 fully saturated rings. The third-order valence-electron chi connectivity index (χ3n) is 2.90. The molecule has 0 aliphatic carbocycles. The van der Waals surface area contributed by atoms with Gasteiger partial charge in [-0.25, -0.2) is 4.79 Å². The largest absolute Gasteiger partial charge is 0.508 e. The zero-order valence-corrected chi connectivity index (χ0v) is 10.7. The van der Waals surface area contributed by atoms with Crippen LogP contribution >= 0.6 is 0 Å². The molecule has 7 heteroatoms. The first-order chi connectivity index (χ1) is 9.40. The van der Waals surface area contributed by atoms with Crippen molar-refractivity contribution < 1.29 is 19.5 Å². The molecular weight excluding hydrogens is 262 g/mol. The van der Waals surface area contributed by atoms with Gasteiger partial charge in [-0.05, 0) is 24.3 Å². The Labute approximate surface area is 114 Å². The van der Waals surface area contributed by atoms with Gasteiger partial charge in [-0.3, -0.25) is 19.8 Å². The Balaban J connectivity index is 2.16. The molecule has 1 heterocycles. The van der Waals surface area contributed by atoms with Gasteiger partial charge >= 0.3 is 6.03 Å². The van der Waals surface area contributed by atoms with Gasteiger partial charge in [0.05, 0.1) is 0 Å². The summed E-state index contributed by atoms with van der Waals surface area (Å²) in [5, 5.41) is 14.1. The first-order valence-electron chi connectivity index (χ1n) is 5.77. The van der Waals surface area contributed by atoms with Crippen LogP contribution in [-0.2, 0) is 9.59 Å². The maximum absolute atomic E-state index is 11.9. The molecular formula is C13H13N3O4. The van der Waals surface area contributed by atoms with Gasteiger partial charge in [0.2, 0.25) is 11.8 Å². The van der Waals surface area contributed by atoms with E-state index in [1.165, 1.54) is 19.2 Å². The Morgan fingerprint density at radius 1 is 1.30 bits per heavy atom. The Morgan fingerprint density at radius 2 is 1.90 bits per heavy atom. The summed E-state index contributed by atoms with van der Waals surface area (Å²) in [5.74, 6) is -2.44. The molecule has 1 aliphatic heterocycles. The van der Waals surface area contributed by atoms with Gasteiger partial charge in [0.1, 0.15) is 5.75 Å². The summed E-state index contributed by atoms with van der Waals surface area (Å²) in [6.07, 6.45) is 0.